The van der Waals surface area contributed by atoms with Gasteiger partial charge in [-0.15, -0.1) is 0 Å². The monoisotopic (exact) mass is 528 g/mol. The van der Waals surface area contributed by atoms with Crippen molar-refractivity contribution in [1.29, 1.82) is 0 Å². The van der Waals surface area contributed by atoms with E-state index in [-0.39, 0.29) is 11.5 Å². The summed E-state index contributed by atoms with van der Waals surface area (Å²) in [6.07, 6.45) is -1.19. The van der Waals surface area contributed by atoms with E-state index in [1.165, 1.54) is 12.1 Å². The lowest BCUT2D eigenvalue weighted by molar-refractivity contribution is -0.135. The molecule has 3 aromatic rings. The van der Waals surface area contributed by atoms with Gasteiger partial charge in [-0.1, -0.05) is 25.1 Å². The number of anilines is 1. The molecule has 2 N–H and O–H groups in total. The zero-order valence-electron chi connectivity index (χ0n) is 21.7. The first kappa shape index (κ1) is 26.2. The molecule has 0 radical (unpaired) electrons. The number of carbonyl (C=O) groups is 1. The van der Waals surface area contributed by atoms with E-state index in [9.17, 15) is 23.1 Å². The number of hydrogen-bond acceptors (Lipinski definition) is 6. The summed E-state index contributed by atoms with van der Waals surface area (Å²) in [6.45, 7) is 6.57. The van der Waals surface area contributed by atoms with E-state index in [2.05, 4.69) is 15.3 Å². The first-order chi connectivity index (χ1) is 18.1. The third kappa shape index (κ3) is 4.55. The van der Waals surface area contributed by atoms with Crippen molar-refractivity contribution in [2.75, 3.05) is 25.0 Å². The summed E-state index contributed by atoms with van der Waals surface area (Å²) in [7, 11) is 0. The van der Waals surface area contributed by atoms with Crippen LogP contribution in [0.5, 0.6) is 5.75 Å². The second kappa shape index (κ2) is 10.1. The summed E-state index contributed by atoms with van der Waals surface area (Å²) in [4.78, 5) is 23.2. The molecule has 1 saturated heterocycles. The van der Waals surface area contributed by atoms with Gasteiger partial charge in [0.25, 0.3) is 6.43 Å². The van der Waals surface area contributed by atoms with Crippen molar-refractivity contribution in [3.63, 3.8) is 0 Å². The number of nitrogens with one attached hydrogen (secondary N) is 1. The number of ether oxygens (including phenoxy) is 1. The Bertz CT molecular complexity index is 1390. The molecule has 0 saturated carbocycles. The van der Waals surface area contributed by atoms with Gasteiger partial charge in [0, 0.05) is 48.0 Å². The van der Waals surface area contributed by atoms with Crippen molar-refractivity contribution < 1.29 is 27.8 Å². The number of halogens is 3. The minimum absolute atomic E-state index is 0.0551. The number of piperidine rings is 1. The second-order valence-corrected chi connectivity index (χ2v) is 10.0. The molecule has 2 aromatic carbocycles. The first-order valence-corrected chi connectivity index (χ1v) is 12.9. The highest BCUT2D eigenvalue weighted by atomic mass is 19.3. The van der Waals surface area contributed by atoms with Crippen LogP contribution >= 0.6 is 0 Å². The minimum Gasteiger partial charge on any atom is -0.492 e. The summed E-state index contributed by atoms with van der Waals surface area (Å²) in [6, 6.07) is 5.10. The van der Waals surface area contributed by atoms with Crippen LogP contribution in [-0.2, 0) is 16.8 Å². The van der Waals surface area contributed by atoms with Gasteiger partial charge in [0.2, 0.25) is 5.91 Å². The van der Waals surface area contributed by atoms with E-state index in [0.717, 1.165) is 11.6 Å². The van der Waals surface area contributed by atoms with Gasteiger partial charge in [0.1, 0.15) is 23.2 Å². The van der Waals surface area contributed by atoms with Crippen LogP contribution in [-0.4, -0.2) is 45.6 Å². The maximum absolute atomic E-state index is 14.9. The fourth-order valence-electron chi connectivity index (χ4n) is 5.51. The highest BCUT2D eigenvalue weighted by Crippen LogP contribution is 2.46. The maximum Gasteiger partial charge on any atom is 0.266 e. The second-order valence-electron chi connectivity index (χ2n) is 10.0. The highest BCUT2D eigenvalue weighted by Gasteiger charge is 2.40. The highest BCUT2D eigenvalue weighted by molar-refractivity contribution is 5.94. The van der Waals surface area contributed by atoms with E-state index in [1.54, 1.807) is 18.7 Å². The quantitative estimate of drug-likeness (QED) is 0.449. The predicted octanol–water partition coefficient (Wildman–Crippen LogP) is 5.34. The molecule has 1 atom stereocenters. The average molecular weight is 529 g/mol. The number of aryl methyl sites for hydroxylation is 1. The normalized spacial score (nSPS) is 17.4. The summed E-state index contributed by atoms with van der Waals surface area (Å²) in [5.41, 5.74) is 0.405. The van der Waals surface area contributed by atoms with E-state index in [0.29, 0.717) is 79.2 Å². The Balaban J connectivity index is 1.57. The zero-order chi connectivity index (χ0) is 27.2. The van der Waals surface area contributed by atoms with Crippen molar-refractivity contribution in [3.8, 4) is 5.75 Å². The number of hydrogen-bond donors (Lipinski definition) is 2. The number of nitrogens with zero attached hydrogens (tertiary/aromatic N) is 3. The fraction of sp³-hybridized carbons (Fsp3) is 0.464. The summed E-state index contributed by atoms with van der Waals surface area (Å²) >= 11 is 0. The molecule has 0 spiro atoms. The Morgan fingerprint density at radius 3 is 2.63 bits per heavy atom. The van der Waals surface area contributed by atoms with Crippen molar-refractivity contribution >= 4 is 22.6 Å². The summed E-state index contributed by atoms with van der Waals surface area (Å²) in [5.74, 6) is 0.624. The van der Waals surface area contributed by atoms with E-state index in [1.807, 2.05) is 13.0 Å². The van der Waals surface area contributed by atoms with Crippen LogP contribution in [0, 0.1) is 12.7 Å². The Labute approximate surface area is 219 Å². The molecule has 2 aliphatic rings. The van der Waals surface area contributed by atoms with Gasteiger partial charge in [-0.3, -0.25) is 4.79 Å². The molecule has 1 aromatic heterocycles. The Hall–Kier alpha value is -3.40. The predicted molar refractivity (Wildman–Crippen MR) is 137 cm³/mol. The Kier molecular flexibility index (Phi) is 6.94. The molecule has 1 unspecified atom stereocenters. The molecule has 1 fully saturated rings. The van der Waals surface area contributed by atoms with Gasteiger partial charge < -0.3 is 20.1 Å². The molecule has 0 bridgehead atoms. The van der Waals surface area contributed by atoms with Crippen LogP contribution in [0.15, 0.2) is 24.3 Å². The van der Waals surface area contributed by atoms with Crippen LogP contribution < -0.4 is 10.1 Å². The third-order valence-corrected chi connectivity index (χ3v) is 7.61. The summed E-state index contributed by atoms with van der Waals surface area (Å²) < 4.78 is 47.5. The van der Waals surface area contributed by atoms with Crippen LogP contribution in [0.3, 0.4) is 0 Å². The fourth-order valence-corrected chi connectivity index (χ4v) is 5.51. The largest absolute Gasteiger partial charge is 0.492 e. The zero-order valence-corrected chi connectivity index (χ0v) is 21.7. The van der Waals surface area contributed by atoms with E-state index >= 15 is 0 Å². The molecule has 2 aliphatic heterocycles. The molecule has 7 nitrogen and oxygen atoms in total. The average Bonchev–Trinajstić information content (AvgIpc) is 3.38. The van der Waals surface area contributed by atoms with Crippen LogP contribution in [0.25, 0.3) is 10.9 Å². The topological polar surface area (TPSA) is 87.6 Å². The van der Waals surface area contributed by atoms with Crippen molar-refractivity contribution in [1.82, 2.24) is 14.9 Å². The number of benzene rings is 2. The van der Waals surface area contributed by atoms with Gasteiger partial charge in [0.15, 0.2) is 0 Å². The standard InChI is InChI=1S/C28H31F3N4O3/c1-4-22(36)35-11-9-28(37,10-12-35)21-14-20-24(19-8-13-38-25(19)21)33-16(3)34-27(20)32-15(2)17-6-5-7-18(23(17)29)26(30)31/h5-7,14-15,26,37H,4,8-13H2,1-3H3,(H,32,33,34). The lowest BCUT2D eigenvalue weighted by atomic mass is 9.82. The number of aromatic nitrogens is 2. The number of fused-ring (bicyclic) bond motifs is 3. The van der Waals surface area contributed by atoms with Crippen LogP contribution in [0.1, 0.15) is 73.7 Å². The number of likely N-dealkylation sites (tertiary alicyclic amines) is 1. The molecule has 202 valence electrons. The number of rotatable bonds is 6. The maximum atomic E-state index is 14.9. The SMILES string of the molecule is CCC(=O)N1CCC(O)(c2cc3c(NC(C)c4cccc(C(F)F)c4F)nc(C)nc3c3c2OCC3)CC1. The van der Waals surface area contributed by atoms with Gasteiger partial charge in [0.05, 0.1) is 29.3 Å². The Morgan fingerprint density at radius 1 is 1.24 bits per heavy atom. The van der Waals surface area contributed by atoms with Crippen molar-refractivity contribution in [3.05, 3.63) is 58.2 Å². The van der Waals surface area contributed by atoms with E-state index < -0.39 is 29.4 Å². The van der Waals surface area contributed by atoms with Crippen molar-refractivity contribution in [2.24, 2.45) is 0 Å². The molecule has 0 aliphatic carbocycles. The van der Waals surface area contributed by atoms with Gasteiger partial charge in [-0.05, 0) is 32.8 Å². The lowest BCUT2D eigenvalue weighted by Gasteiger charge is -2.39. The molecule has 1 amide bonds. The molecule has 3 heterocycles. The summed E-state index contributed by atoms with van der Waals surface area (Å²) in [5, 5.41) is 15.6. The smallest absolute Gasteiger partial charge is 0.266 e. The van der Waals surface area contributed by atoms with Crippen molar-refractivity contribution in [2.45, 2.75) is 64.5 Å². The van der Waals surface area contributed by atoms with Gasteiger partial charge in [-0.25, -0.2) is 23.1 Å². The Morgan fingerprint density at radius 2 is 1.95 bits per heavy atom. The number of carbonyl (C=O) groups excluding carboxylic acids is 1. The molecular formula is C28H31F3N4O3. The number of alkyl halides is 2. The van der Waals surface area contributed by atoms with Crippen LogP contribution in [0.4, 0.5) is 19.0 Å². The molecule has 10 heteroatoms. The van der Waals surface area contributed by atoms with Gasteiger partial charge >= 0.3 is 0 Å². The van der Waals surface area contributed by atoms with Gasteiger partial charge in [-0.2, -0.15) is 0 Å². The number of amides is 1. The van der Waals surface area contributed by atoms with E-state index in [4.69, 9.17) is 4.74 Å². The lowest BCUT2D eigenvalue weighted by Crippen LogP contribution is -2.45. The van der Waals surface area contributed by atoms with Crippen LogP contribution in [0.2, 0.25) is 0 Å². The third-order valence-electron chi connectivity index (χ3n) is 7.61. The molecule has 5 rings (SSSR count). The molecule has 38 heavy (non-hydrogen) atoms. The minimum atomic E-state index is -2.92. The first-order valence-electron chi connectivity index (χ1n) is 12.9. The number of aliphatic hydroxyl groups is 1. The molecular weight excluding hydrogens is 497 g/mol.